The molecule has 0 aliphatic rings. The maximum absolute atomic E-state index is 13.5. The summed E-state index contributed by atoms with van der Waals surface area (Å²) in [4.78, 5) is 37.8. The van der Waals surface area contributed by atoms with Crippen LogP contribution >= 0.6 is 0 Å². The predicted molar refractivity (Wildman–Crippen MR) is 132 cm³/mol. The number of carbonyl (C=O) groups is 1. The molecular formula is C26H32N4O3. The zero-order chi connectivity index (χ0) is 24.2. The molecule has 0 bridgehead atoms. The zero-order valence-corrected chi connectivity index (χ0v) is 20.1. The van der Waals surface area contributed by atoms with Gasteiger partial charge in [-0.25, -0.2) is 9.78 Å². The molecule has 174 valence electrons. The molecule has 0 saturated carbocycles. The first-order valence-electron chi connectivity index (χ1n) is 11.1. The van der Waals surface area contributed by atoms with Gasteiger partial charge in [0, 0.05) is 19.0 Å². The standard InChI is InChI=1S/C26H32N4O3/c1-18(2)22(25(32)33-6)30(17-19-12-8-7-9-13-19)23-20(16-27-26(3,4)5)24(31)29-15-11-10-14-21(29)28-23/h7-16,18,22H,17H2,1-6H3/t22-/m0/s1. The van der Waals surface area contributed by atoms with E-state index < -0.39 is 6.04 Å². The predicted octanol–water partition coefficient (Wildman–Crippen LogP) is 4.12. The van der Waals surface area contributed by atoms with Gasteiger partial charge in [-0.2, -0.15) is 0 Å². The molecule has 0 spiro atoms. The summed E-state index contributed by atoms with van der Waals surface area (Å²) in [6.07, 6.45) is 3.27. The van der Waals surface area contributed by atoms with Gasteiger partial charge in [0.1, 0.15) is 23.1 Å². The van der Waals surface area contributed by atoms with Crippen LogP contribution in [0, 0.1) is 5.92 Å². The third-order valence-corrected chi connectivity index (χ3v) is 5.21. The zero-order valence-electron chi connectivity index (χ0n) is 20.1. The normalized spacial score (nSPS) is 12.9. The van der Waals surface area contributed by atoms with E-state index in [2.05, 4.69) is 4.99 Å². The fourth-order valence-electron chi connectivity index (χ4n) is 3.65. The fourth-order valence-corrected chi connectivity index (χ4v) is 3.65. The topological polar surface area (TPSA) is 76.3 Å². The molecule has 0 saturated heterocycles. The quantitative estimate of drug-likeness (QED) is 0.401. The summed E-state index contributed by atoms with van der Waals surface area (Å²) in [7, 11) is 1.38. The van der Waals surface area contributed by atoms with E-state index in [-0.39, 0.29) is 23.0 Å². The molecule has 0 N–H and O–H groups in total. The Morgan fingerprint density at radius 2 is 1.82 bits per heavy atom. The van der Waals surface area contributed by atoms with Gasteiger partial charge in [-0.3, -0.25) is 14.2 Å². The summed E-state index contributed by atoms with van der Waals surface area (Å²) in [6, 6.07) is 14.5. The molecular weight excluding hydrogens is 416 g/mol. The van der Waals surface area contributed by atoms with Crippen LogP contribution in [0.2, 0.25) is 0 Å². The van der Waals surface area contributed by atoms with E-state index in [1.807, 2.05) is 75.9 Å². The van der Waals surface area contributed by atoms with Gasteiger partial charge < -0.3 is 9.64 Å². The van der Waals surface area contributed by atoms with E-state index in [1.165, 1.54) is 11.5 Å². The number of hydrogen-bond donors (Lipinski definition) is 0. The molecule has 33 heavy (non-hydrogen) atoms. The minimum Gasteiger partial charge on any atom is -0.467 e. The molecule has 1 atom stereocenters. The number of fused-ring (bicyclic) bond motifs is 1. The van der Waals surface area contributed by atoms with Crippen LogP contribution in [-0.4, -0.2) is 40.3 Å². The number of ether oxygens (including phenoxy) is 1. The number of benzene rings is 1. The van der Waals surface area contributed by atoms with Crippen LogP contribution in [-0.2, 0) is 16.1 Å². The average molecular weight is 449 g/mol. The Labute approximate surface area is 194 Å². The van der Waals surface area contributed by atoms with Crippen molar-refractivity contribution in [3.8, 4) is 0 Å². The van der Waals surface area contributed by atoms with Gasteiger partial charge in [-0.05, 0) is 44.4 Å². The van der Waals surface area contributed by atoms with E-state index in [0.717, 1.165) is 5.56 Å². The SMILES string of the molecule is COC(=O)[C@H](C(C)C)N(Cc1ccccc1)c1nc2ccccn2c(=O)c1C=NC(C)(C)C. The number of aromatic nitrogens is 2. The van der Waals surface area contributed by atoms with Crippen LogP contribution in [0.25, 0.3) is 5.65 Å². The Morgan fingerprint density at radius 3 is 2.42 bits per heavy atom. The van der Waals surface area contributed by atoms with Gasteiger partial charge in [0.2, 0.25) is 0 Å². The van der Waals surface area contributed by atoms with Crippen molar-refractivity contribution in [3.63, 3.8) is 0 Å². The largest absolute Gasteiger partial charge is 0.467 e. The lowest BCUT2D eigenvalue weighted by atomic mass is 10.0. The molecule has 0 unspecified atom stereocenters. The van der Waals surface area contributed by atoms with E-state index >= 15 is 0 Å². The second-order valence-electron chi connectivity index (χ2n) is 9.34. The lowest BCUT2D eigenvalue weighted by Gasteiger charge is -2.34. The number of pyridine rings is 1. The Kier molecular flexibility index (Phi) is 7.31. The molecule has 0 aliphatic carbocycles. The summed E-state index contributed by atoms with van der Waals surface area (Å²) >= 11 is 0. The van der Waals surface area contributed by atoms with Gasteiger partial charge in [0.05, 0.1) is 12.6 Å². The Morgan fingerprint density at radius 1 is 1.15 bits per heavy atom. The van der Waals surface area contributed by atoms with Gasteiger partial charge in [0.15, 0.2) is 0 Å². The minimum absolute atomic E-state index is 0.0930. The second-order valence-corrected chi connectivity index (χ2v) is 9.34. The van der Waals surface area contributed by atoms with Gasteiger partial charge in [0.25, 0.3) is 5.56 Å². The van der Waals surface area contributed by atoms with Crippen molar-refractivity contribution in [1.29, 1.82) is 0 Å². The molecule has 2 heterocycles. The summed E-state index contributed by atoms with van der Waals surface area (Å²) < 4.78 is 6.66. The number of anilines is 1. The van der Waals surface area contributed by atoms with E-state index in [4.69, 9.17) is 9.72 Å². The van der Waals surface area contributed by atoms with Crippen LogP contribution < -0.4 is 10.5 Å². The number of nitrogens with zero attached hydrogens (tertiary/aromatic N) is 4. The molecule has 0 amide bonds. The highest BCUT2D eigenvalue weighted by Gasteiger charge is 2.33. The van der Waals surface area contributed by atoms with Crippen molar-refractivity contribution in [2.45, 2.75) is 52.7 Å². The highest BCUT2D eigenvalue weighted by Crippen LogP contribution is 2.25. The smallest absolute Gasteiger partial charge is 0.328 e. The van der Waals surface area contributed by atoms with Crippen molar-refractivity contribution in [1.82, 2.24) is 9.38 Å². The van der Waals surface area contributed by atoms with Crippen molar-refractivity contribution in [2.75, 3.05) is 12.0 Å². The third kappa shape index (κ3) is 5.66. The monoisotopic (exact) mass is 448 g/mol. The molecule has 7 heteroatoms. The Hall–Kier alpha value is -3.48. The maximum atomic E-state index is 13.5. The summed E-state index contributed by atoms with van der Waals surface area (Å²) in [5, 5.41) is 0. The molecule has 0 fully saturated rings. The molecule has 0 radical (unpaired) electrons. The number of methoxy groups -OCH3 is 1. The molecule has 3 aromatic rings. The Bertz CT molecular complexity index is 1190. The maximum Gasteiger partial charge on any atom is 0.328 e. The van der Waals surface area contributed by atoms with Crippen LogP contribution in [0.1, 0.15) is 45.7 Å². The lowest BCUT2D eigenvalue weighted by Crippen LogP contribution is -2.47. The Balaban J connectivity index is 2.32. The summed E-state index contributed by atoms with van der Waals surface area (Å²) in [5.41, 5.74) is 1.19. The lowest BCUT2D eigenvalue weighted by molar-refractivity contribution is -0.143. The fraction of sp³-hybridized carbons (Fsp3) is 0.385. The molecule has 1 aromatic carbocycles. The van der Waals surface area contributed by atoms with Crippen LogP contribution in [0.4, 0.5) is 5.82 Å². The highest BCUT2D eigenvalue weighted by molar-refractivity contribution is 5.89. The van der Waals surface area contributed by atoms with Crippen LogP contribution in [0.3, 0.4) is 0 Å². The molecule has 7 nitrogen and oxygen atoms in total. The number of rotatable bonds is 7. The molecule has 0 aliphatic heterocycles. The number of hydrogen-bond acceptors (Lipinski definition) is 6. The number of esters is 1. The average Bonchev–Trinajstić information content (AvgIpc) is 2.77. The van der Waals surface area contributed by atoms with Gasteiger partial charge >= 0.3 is 5.97 Å². The van der Waals surface area contributed by atoms with Crippen LogP contribution in [0.15, 0.2) is 64.5 Å². The van der Waals surface area contributed by atoms with Crippen LogP contribution in [0.5, 0.6) is 0 Å². The van der Waals surface area contributed by atoms with Crippen molar-refractivity contribution < 1.29 is 9.53 Å². The van der Waals surface area contributed by atoms with Crippen molar-refractivity contribution in [2.24, 2.45) is 10.9 Å². The van der Waals surface area contributed by atoms with E-state index in [0.29, 0.717) is 23.6 Å². The van der Waals surface area contributed by atoms with E-state index in [1.54, 1.807) is 24.5 Å². The van der Waals surface area contributed by atoms with E-state index in [9.17, 15) is 9.59 Å². The summed E-state index contributed by atoms with van der Waals surface area (Å²) in [5.74, 6) is -0.0635. The molecule has 2 aromatic heterocycles. The van der Waals surface area contributed by atoms with Gasteiger partial charge in [-0.15, -0.1) is 0 Å². The number of aliphatic imine (C=N–C) groups is 1. The third-order valence-electron chi connectivity index (χ3n) is 5.21. The highest BCUT2D eigenvalue weighted by atomic mass is 16.5. The minimum atomic E-state index is -0.643. The summed E-state index contributed by atoms with van der Waals surface area (Å²) in [6.45, 7) is 10.2. The number of carbonyl (C=O) groups excluding carboxylic acids is 1. The first-order valence-corrected chi connectivity index (χ1v) is 11.1. The first-order chi connectivity index (χ1) is 15.6. The van der Waals surface area contributed by atoms with Crippen molar-refractivity contribution in [3.05, 3.63) is 76.2 Å². The first kappa shape index (κ1) is 24.2. The second kappa shape index (κ2) is 9.98. The van der Waals surface area contributed by atoms with Gasteiger partial charge in [-0.1, -0.05) is 50.2 Å². The van der Waals surface area contributed by atoms with Crippen molar-refractivity contribution >= 4 is 23.6 Å². The molecule has 3 rings (SSSR count).